The SMILES string of the molecule is C=CC(=O)N(Cc1cc(C2CC2)nn1CC)c1cnn(CCF)c1. The van der Waals surface area contributed by atoms with Gasteiger partial charge < -0.3 is 0 Å². The van der Waals surface area contributed by atoms with Crippen molar-refractivity contribution in [3.05, 3.63) is 42.5 Å². The molecule has 1 saturated carbocycles. The van der Waals surface area contributed by atoms with Crippen LogP contribution in [0.4, 0.5) is 10.1 Å². The monoisotopic (exact) mass is 331 g/mol. The normalized spacial score (nSPS) is 13.9. The van der Waals surface area contributed by atoms with Gasteiger partial charge in [-0.2, -0.15) is 10.2 Å². The number of anilines is 1. The van der Waals surface area contributed by atoms with Gasteiger partial charge in [-0.1, -0.05) is 6.58 Å². The van der Waals surface area contributed by atoms with Crippen molar-refractivity contribution in [2.24, 2.45) is 0 Å². The van der Waals surface area contributed by atoms with Crippen LogP contribution >= 0.6 is 0 Å². The lowest BCUT2D eigenvalue weighted by Gasteiger charge is -2.19. The highest BCUT2D eigenvalue weighted by atomic mass is 19.1. The van der Waals surface area contributed by atoms with E-state index in [0.717, 1.165) is 17.9 Å². The summed E-state index contributed by atoms with van der Waals surface area (Å²) in [7, 11) is 0. The minimum Gasteiger partial charge on any atom is -0.300 e. The van der Waals surface area contributed by atoms with Crippen molar-refractivity contribution in [3.8, 4) is 0 Å². The minimum atomic E-state index is -0.496. The van der Waals surface area contributed by atoms with E-state index in [2.05, 4.69) is 22.8 Å². The summed E-state index contributed by atoms with van der Waals surface area (Å²) in [5, 5.41) is 8.74. The Labute approximate surface area is 140 Å². The van der Waals surface area contributed by atoms with Crippen LogP contribution in [0.3, 0.4) is 0 Å². The van der Waals surface area contributed by atoms with Gasteiger partial charge in [-0.15, -0.1) is 0 Å². The molecular formula is C17H22FN5O. The second-order valence-electron chi connectivity index (χ2n) is 5.93. The van der Waals surface area contributed by atoms with Gasteiger partial charge in [-0.05, 0) is 31.9 Å². The second-order valence-corrected chi connectivity index (χ2v) is 5.93. The van der Waals surface area contributed by atoms with E-state index in [1.807, 2.05) is 11.6 Å². The van der Waals surface area contributed by atoms with Gasteiger partial charge >= 0.3 is 0 Å². The summed E-state index contributed by atoms with van der Waals surface area (Å²) in [4.78, 5) is 13.9. The first kappa shape index (κ1) is 16.4. The van der Waals surface area contributed by atoms with Crippen LogP contribution in [0.5, 0.6) is 0 Å². The molecule has 0 N–H and O–H groups in total. The lowest BCUT2D eigenvalue weighted by molar-refractivity contribution is -0.114. The van der Waals surface area contributed by atoms with Crippen molar-refractivity contribution in [1.29, 1.82) is 0 Å². The number of amides is 1. The lowest BCUT2D eigenvalue weighted by atomic mass is 10.2. The molecule has 128 valence electrons. The third-order valence-electron chi connectivity index (χ3n) is 4.18. The zero-order valence-corrected chi connectivity index (χ0v) is 13.9. The molecule has 0 atom stereocenters. The average Bonchev–Trinajstić information content (AvgIpc) is 3.20. The van der Waals surface area contributed by atoms with Crippen LogP contribution in [-0.4, -0.2) is 32.1 Å². The molecule has 0 unspecified atom stereocenters. The Bertz CT molecular complexity index is 731. The van der Waals surface area contributed by atoms with E-state index in [9.17, 15) is 9.18 Å². The molecule has 2 aromatic rings. The number of aromatic nitrogens is 4. The van der Waals surface area contributed by atoms with E-state index >= 15 is 0 Å². The fraction of sp³-hybridized carbons (Fsp3) is 0.471. The van der Waals surface area contributed by atoms with Gasteiger partial charge in [0.2, 0.25) is 0 Å². The first-order chi connectivity index (χ1) is 11.7. The van der Waals surface area contributed by atoms with Crippen LogP contribution in [0.1, 0.15) is 37.1 Å². The molecule has 2 aromatic heterocycles. The molecule has 1 fully saturated rings. The number of rotatable bonds is 8. The topological polar surface area (TPSA) is 56.0 Å². The molecule has 0 aromatic carbocycles. The molecule has 2 heterocycles. The highest BCUT2D eigenvalue weighted by Gasteiger charge is 2.28. The third-order valence-corrected chi connectivity index (χ3v) is 4.18. The maximum absolute atomic E-state index is 12.5. The summed E-state index contributed by atoms with van der Waals surface area (Å²) in [6.07, 6.45) is 6.90. The third kappa shape index (κ3) is 3.39. The van der Waals surface area contributed by atoms with Crippen molar-refractivity contribution in [2.45, 2.75) is 45.3 Å². The van der Waals surface area contributed by atoms with E-state index < -0.39 is 6.67 Å². The van der Waals surface area contributed by atoms with Crippen molar-refractivity contribution >= 4 is 11.6 Å². The molecule has 1 aliphatic carbocycles. The number of nitrogens with zero attached hydrogens (tertiary/aromatic N) is 5. The van der Waals surface area contributed by atoms with E-state index in [1.165, 1.54) is 23.6 Å². The molecule has 24 heavy (non-hydrogen) atoms. The van der Waals surface area contributed by atoms with Gasteiger partial charge in [0, 0.05) is 18.7 Å². The zero-order chi connectivity index (χ0) is 17.1. The van der Waals surface area contributed by atoms with Crippen molar-refractivity contribution in [2.75, 3.05) is 11.6 Å². The average molecular weight is 331 g/mol. The molecule has 0 radical (unpaired) electrons. The maximum Gasteiger partial charge on any atom is 0.250 e. The lowest BCUT2D eigenvalue weighted by Crippen LogP contribution is -2.29. The number of hydrogen-bond acceptors (Lipinski definition) is 3. The van der Waals surface area contributed by atoms with Gasteiger partial charge in [-0.3, -0.25) is 19.1 Å². The van der Waals surface area contributed by atoms with E-state index in [4.69, 9.17) is 0 Å². The molecule has 1 amide bonds. The Hall–Kier alpha value is -2.44. The molecule has 0 bridgehead atoms. The summed E-state index contributed by atoms with van der Waals surface area (Å²) >= 11 is 0. The Morgan fingerprint density at radius 3 is 2.96 bits per heavy atom. The van der Waals surface area contributed by atoms with Gasteiger partial charge in [0.15, 0.2) is 0 Å². The Kier molecular flexibility index (Phi) is 4.78. The van der Waals surface area contributed by atoms with Crippen LogP contribution in [0.15, 0.2) is 31.1 Å². The second kappa shape index (κ2) is 6.98. The van der Waals surface area contributed by atoms with Gasteiger partial charge in [0.1, 0.15) is 6.67 Å². The summed E-state index contributed by atoms with van der Waals surface area (Å²) < 4.78 is 15.9. The number of halogens is 1. The van der Waals surface area contributed by atoms with Crippen LogP contribution in [0.25, 0.3) is 0 Å². The van der Waals surface area contributed by atoms with Crippen LogP contribution in [0.2, 0.25) is 0 Å². The largest absolute Gasteiger partial charge is 0.300 e. The van der Waals surface area contributed by atoms with E-state index in [0.29, 0.717) is 18.2 Å². The predicted octanol–water partition coefficient (Wildman–Crippen LogP) is 2.67. The fourth-order valence-corrected chi connectivity index (χ4v) is 2.73. The van der Waals surface area contributed by atoms with Crippen molar-refractivity contribution < 1.29 is 9.18 Å². The quantitative estimate of drug-likeness (QED) is 0.699. The van der Waals surface area contributed by atoms with E-state index in [1.54, 1.807) is 17.3 Å². The molecule has 7 heteroatoms. The van der Waals surface area contributed by atoms with Gasteiger partial charge in [-0.25, -0.2) is 4.39 Å². The summed E-state index contributed by atoms with van der Waals surface area (Å²) in [5.41, 5.74) is 2.71. The summed E-state index contributed by atoms with van der Waals surface area (Å²) in [6.45, 7) is 6.43. The first-order valence-corrected chi connectivity index (χ1v) is 8.25. The minimum absolute atomic E-state index is 0.175. The molecule has 1 aliphatic rings. The molecule has 0 aliphatic heterocycles. The number of alkyl halides is 1. The van der Waals surface area contributed by atoms with Crippen LogP contribution in [-0.2, 0) is 24.4 Å². The zero-order valence-electron chi connectivity index (χ0n) is 13.9. The maximum atomic E-state index is 12.5. The number of hydrogen-bond donors (Lipinski definition) is 0. The van der Waals surface area contributed by atoms with Crippen LogP contribution < -0.4 is 4.90 Å². The Morgan fingerprint density at radius 2 is 2.33 bits per heavy atom. The van der Waals surface area contributed by atoms with Crippen molar-refractivity contribution in [1.82, 2.24) is 19.6 Å². The smallest absolute Gasteiger partial charge is 0.250 e. The van der Waals surface area contributed by atoms with Gasteiger partial charge in [0.05, 0.1) is 36.4 Å². The molecule has 0 saturated heterocycles. The van der Waals surface area contributed by atoms with Gasteiger partial charge in [0.25, 0.3) is 5.91 Å². The Morgan fingerprint density at radius 1 is 1.54 bits per heavy atom. The molecule has 0 spiro atoms. The number of carbonyl (C=O) groups excluding carboxylic acids is 1. The number of carbonyl (C=O) groups is 1. The fourth-order valence-electron chi connectivity index (χ4n) is 2.73. The Balaban J connectivity index is 1.86. The highest BCUT2D eigenvalue weighted by molar-refractivity contribution is 6.00. The first-order valence-electron chi connectivity index (χ1n) is 8.25. The highest BCUT2D eigenvalue weighted by Crippen LogP contribution is 2.39. The molecular weight excluding hydrogens is 309 g/mol. The summed E-state index contributed by atoms with van der Waals surface area (Å²) in [5.74, 6) is 0.346. The van der Waals surface area contributed by atoms with Crippen LogP contribution in [0, 0.1) is 0 Å². The standard InChI is InChI=1S/C17H22FN5O/c1-3-17(24)22(15-10-19-21(11-15)8-7-18)12-14-9-16(13-5-6-13)20-23(14)4-2/h3,9-11,13H,1,4-8,12H2,2H3. The predicted molar refractivity (Wildman–Crippen MR) is 89.5 cm³/mol. The van der Waals surface area contributed by atoms with Crippen molar-refractivity contribution in [3.63, 3.8) is 0 Å². The molecule has 6 nitrogen and oxygen atoms in total. The van der Waals surface area contributed by atoms with E-state index in [-0.39, 0.29) is 12.5 Å². The summed E-state index contributed by atoms with van der Waals surface area (Å²) in [6, 6.07) is 2.08. The number of aryl methyl sites for hydroxylation is 2. The molecule has 3 rings (SSSR count).